The Bertz CT molecular complexity index is 333. The number of carboxylic acids is 1. The van der Waals surface area contributed by atoms with E-state index in [1.54, 1.807) is 0 Å². The molecule has 4 heteroatoms. The highest BCUT2D eigenvalue weighted by Gasteiger charge is 2.08. The van der Waals surface area contributed by atoms with Gasteiger partial charge in [0.25, 0.3) is 0 Å². The highest BCUT2D eigenvalue weighted by atomic mass is 16.4. The topological polar surface area (TPSA) is 86.4 Å². The van der Waals surface area contributed by atoms with E-state index in [1.807, 2.05) is 0 Å². The van der Waals surface area contributed by atoms with E-state index in [0.717, 1.165) is 6.07 Å². The molecule has 1 aromatic carbocycles. The van der Waals surface area contributed by atoms with Crippen LogP contribution < -0.4 is 10.8 Å². The molecule has 0 saturated heterocycles. The number of nitrogen functional groups attached to an aromatic ring is 1. The van der Waals surface area contributed by atoms with E-state index in [-0.39, 0.29) is 17.0 Å². The molecule has 0 radical (unpaired) electrons. The first-order valence-corrected chi connectivity index (χ1v) is 3.33. The smallest absolute Gasteiger partial charge is 0.336 e. The number of benzene rings is 1. The minimum Gasteiger partial charge on any atom is -0.871 e. The Hall–Kier alpha value is -1.71. The maximum absolute atomic E-state index is 10.9. The molecule has 0 bridgehead atoms. The van der Waals surface area contributed by atoms with Gasteiger partial charge in [-0.3, -0.25) is 0 Å². The van der Waals surface area contributed by atoms with Gasteiger partial charge in [-0.1, -0.05) is 11.8 Å². The first-order valence-electron chi connectivity index (χ1n) is 3.33. The van der Waals surface area contributed by atoms with Crippen LogP contribution in [0.2, 0.25) is 0 Å². The van der Waals surface area contributed by atoms with Gasteiger partial charge in [0, 0.05) is 5.69 Å². The van der Waals surface area contributed by atoms with Crippen LogP contribution in [0.5, 0.6) is 5.75 Å². The lowest BCUT2D eigenvalue weighted by atomic mass is 10.1. The minimum atomic E-state index is -1.07. The van der Waals surface area contributed by atoms with Gasteiger partial charge in [-0.25, -0.2) is 4.79 Å². The SMILES string of the molecule is Cc1c(C(=O)O)ccc([O-])c1N. The zero-order chi connectivity index (χ0) is 9.30. The Labute approximate surface area is 69.3 Å². The van der Waals surface area contributed by atoms with Gasteiger partial charge in [-0.2, -0.15) is 0 Å². The van der Waals surface area contributed by atoms with Gasteiger partial charge < -0.3 is 15.9 Å². The van der Waals surface area contributed by atoms with Crippen molar-refractivity contribution in [3.63, 3.8) is 0 Å². The number of hydrogen-bond acceptors (Lipinski definition) is 3. The van der Waals surface area contributed by atoms with Gasteiger partial charge >= 0.3 is 5.97 Å². The molecule has 0 amide bonds. The monoisotopic (exact) mass is 166 g/mol. The van der Waals surface area contributed by atoms with E-state index in [1.165, 1.54) is 13.0 Å². The molecule has 3 N–H and O–H groups in total. The second-order valence-corrected chi connectivity index (χ2v) is 2.46. The molecule has 1 rings (SSSR count). The molecule has 12 heavy (non-hydrogen) atoms. The fraction of sp³-hybridized carbons (Fsp3) is 0.125. The Morgan fingerprint density at radius 3 is 2.67 bits per heavy atom. The average molecular weight is 166 g/mol. The van der Waals surface area contributed by atoms with Crippen molar-refractivity contribution in [2.75, 3.05) is 5.73 Å². The van der Waals surface area contributed by atoms with Gasteiger partial charge in [-0.05, 0) is 18.6 Å². The zero-order valence-electron chi connectivity index (χ0n) is 6.50. The quantitative estimate of drug-likeness (QED) is 0.589. The van der Waals surface area contributed by atoms with E-state index >= 15 is 0 Å². The van der Waals surface area contributed by atoms with E-state index in [0.29, 0.717) is 5.56 Å². The number of carboxylic acid groups (broad SMARTS) is 1. The highest BCUT2D eigenvalue weighted by molar-refractivity contribution is 5.91. The molecule has 0 spiro atoms. The van der Waals surface area contributed by atoms with Crippen molar-refractivity contribution in [2.24, 2.45) is 0 Å². The summed E-state index contributed by atoms with van der Waals surface area (Å²) in [6, 6.07) is 2.42. The molecule has 64 valence electrons. The van der Waals surface area contributed by atoms with Gasteiger partial charge in [0.05, 0.1) is 5.56 Å². The summed E-state index contributed by atoms with van der Waals surface area (Å²) < 4.78 is 0. The van der Waals surface area contributed by atoms with Crippen LogP contribution in [0.15, 0.2) is 12.1 Å². The Morgan fingerprint density at radius 1 is 1.58 bits per heavy atom. The number of carbonyl (C=O) groups is 1. The van der Waals surface area contributed by atoms with Crippen LogP contribution in [0.25, 0.3) is 0 Å². The van der Waals surface area contributed by atoms with Crippen molar-refractivity contribution in [1.29, 1.82) is 0 Å². The van der Waals surface area contributed by atoms with Crippen molar-refractivity contribution >= 4 is 11.7 Å². The summed E-state index contributed by atoms with van der Waals surface area (Å²) in [7, 11) is 0. The van der Waals surface area contributed by atoms with E-state index in [9.17, 15) is 9.90 Å². The highest BCUT2D eigenvalue weighted by Crippen LogP contribution is 2.23. The van der Waals surface area contributed by atoms with Gasteiger partial charge in [-0.15, -0.1) is 0 Å². The van der Waals surface area contributed by atoms with Crippen molar-refractivity contribution in [3.8, 4) is 5.75 Å². The lowest BCUT2D eigenvalue weighted by Crippen LogP contribution is -2.05. The second-order valence-electron chi connectivity index (χ2n) is 2.46. The summed E-state index contributed by atoms with van der Waals surface area (Å²) in [4.78, 5) is 10.5. The Morgan fingerprint density at radius 2 is 2.17 bits per heavy atom. The molecule has 0 aliphatic carbocycles. The van der Waals surface area contributed by atoms with Crippen molar-refractivity contribution in [3.05, 3.63) is 23.3 Å². The van der Waals surface area contributed by atoms with Crippen LogP contribution in [0.3, 0.4) is 0 Å². The zero-order valence-corrected chi connectivity index (χ0v) is 6.50. The molecular weight excluding hydrogens is 158 g/mol. The fourth-order valence-corrected chi connectivity index (χ4v) is 0.935. The maximum atomic E-state index is 10.9. The maximum Gasteiger partial charge on any atom is 0.336 e. The lowest BCUT2D eigenvalue weighted by molar-refractivity contribution is -0.267. The fourth-order valence-electron chi connectivity index (χ4n) is 0.935. The number of aromatic carboxylic acids is 1. The molecule has 1 aromatic rings. The normalized spacial score (nSPS) is 9.75. The molecule has 0 aliphatic rings. The van der Waals surface area contributed by atoms with Crippen LogP contribution >= 0.6 is 0 Å². The summed E-state index contributed by atoms with van der Waals surface area (Å²) in [6.45, 7) is 1.51. The number of anilines is 1. The van der Waals surface area contributed by atoms with E-state index in [2.05, 4.69) is 0 Å². The largest absolute Gasteiger partial charge is 0.871 e. The standard InChI is InChI=1S/C8H9NO3/c1-4-5(8(11)12)2-3-6(10)7(4)9/h2-3,10H,9H2,1H3,(H,11,12)/p-1. The molecule has 0 saturated carbocycles. The van der Waals surface area contributed by atoms with Crippen LogP contribution in [0.4, 0.5) is 5.69 Å². The first-order chi connectivity index (χ1) is 5.54. The van der Waals surface area contributed by atoms with E-state index in [4.69, 9.17) is 10.8 Å². The predicted molar refractivity (Wildman–Crippen MR) is 42.0 cm³/mol. The van der Waals surface area contributed by atoms with Crippen molar-refractivity contribution < 1.29 is 15.0 Å². The predicted octanol–water partition coefficient (Wildman–Crippen LogP) is 0.349. The van der Waals surface area contributed by atoms with Gasteiger partial charge in [0.15, 0.2) is 0 Å². The molecule has 0 fully saturated rings. The first kappa shape index (κ1) is 8.39. The lowest BCUT2D eigenvalue weighted by Gasteiger charge is -2.13. The summed E-state index contributed by atoms with van der Waals surface area (Å²) in [5.41, 5.74) is 5.76. The summed E-state index contributed by atoms with van der Waals surface area (Å²) in [5, 5.41) is 19.5. The number of hydrogen-bond donors (Lipinski definition) is 2. The number of nitrogens with two attached hydrogens (primary N) is 1. The molecule has 0 heterocycles. The molecule has 0 aliphatic heterocycles. The molecule has 0 atom stereocenters. The van der Waals surface area contributed by atoms with Crippen LogP contribution in [-0.4, -0.2) is 11.1 Å². The third-order valence-corrected chi connectivity index (χ3v) is 1.71. The third kappa shape index (κ3) is 1.18. The van der Waals surface area contributed by atoms with Crippen LogP contribution in [0.1, 0.15) is 15.9 Å². The molecule has 0 aromatic heterocycles. The van der Waals surface area contributed by atoms with Crippen LogP contribution in [-0.2, 0) is 0 Å². The van der Waals surface area contributed by atoms with Crippen LogP contribution in [0, 0.1) is 6.92 Å². The van der Waals surface area contributed by atoms with Gasteiger partial charge in [0.1, 0.15) is 0 Å². The summed E-state index contributed by atoms with van der Waals surface area (Å²) in [6.07, 6.45) is 0. The second kappa shape index (κ2) is 2.73. The van der Waals surface area contributed by atoms with Crippen molar-refractivity contribution in [1.82, 2.24) is 0 Å². The third-order valence-electron chi connectivity index (χ3n) is 1.71. The Balaban J connectivity index is 3.36. The summed E-state index contributed by atoms with van der Waals surface area (Å²) in [5.74, 6) is -1.41. The molecule has 4 nitrogen and oxygen atoms in total. The minimum absolute atomic E-state index is 0.00917. The molecular formula is C8H8NO3-. The summed E-state index contributed by atoms with van der Waals surface area (Å²) >= 11 is 0. The van der Waals surface area contributed by atoms with Gasteiger partial charge in [0.2, 0.25) is 0 Å². The molecule has 0 unspecified atom stereocenters. The Kier molecular flexibility index (Phi) is 1.91. The van der Waals surface area contributed by atoms with Crippen molar-refractivity contribution in [2.45, 2.75) is 6.92 Å². The number of rotatable bonds is 1. The van der Waals surface area contributed by atoms with E-state index < -0.39 is 5.97 Å². The average Bonchev–Trinajstić information content (AvgIpc) is 2.00.